The summed E-state index contributed by atoms with van der Waals surface area (Å²) in [5.74, 6) is -7.14. The van der Waals surface area contributed by atoms with Crippen LogP contribution in [0.2, 0.25) is 0 Å². The van der Waals surface area contributed by atoms with E-state index >= 15 is 0 Å². The van der Waals surface area contributed by atoms with Crippen molar-refractivity contribution in [2.24, 2.45) is 0 Å². The minimum absolute atomic E-state index is 0.729. The molecule has 0 bridgehead atoms. The summed E-state index contributed by atoms with van der Waals surface area (Å²) in [7, 11) is 0. The molecular formula is C23H23F9N6O6. The fourth-order valence-electron chi connectivity index (χ4n) is 3.05. The Morgan fingerprint density at radius 2 is 1.30 bits per heavy atom. The molecule has 0 spiro atoms. The van der Waals surface area contributed by atoms with Gasteiger partial charge in [-0.15, -0.1) is 0 Å². The van der Waals surface area contributed by atoms with Crippen LogP contribution in [0.15, 0.2) is 42.9 Å². The van der Waals surface area contributed by atoms with Gasteiger partial charge in [0.05, 0.1) is 24.5 Å². The molecule has 0 radical (unpaired) electrons. The minimum atomic E-state index is -5.08. The maximum atomic E-state index is 10.6. The monoisotopic (exact) mass is 650 g/mol. The topological polar surface area (TPSA) is 164 Å². The SMILES string of the molecule is Cc1cccc(CN2CCn3cc(Cn4cccn4)nc3C2)n1.O=C(O)C(F)(F)F.O=C(O)C(F)(F)F.O=C(O)C(F)(F)F. The number of aliphatic carboxylic acids is 3. The molecule has 1 aliphatic heterocycles. The first-order chi connectivity index (χ1) is 20.1. The van der Waals surface area contributed by atoms with Gasteiger partial charge in [-0.05, 0) is 25.1 Å². The number of carboxylic acid groups (broad SMARTS) is 3. The summed E-state index contributed by atoms with van der Waals surface area (Å²) in [4.78, 5) is 38.5. The van der Waals surface area contributed by atoms with Crippen molar-refractivity contribution in [3.05, 3.63) is 65.8 Å². The Bertz CT molecular complexity index is 1320. The third-order valence-electron chi connectivity index (χ3n) is 4.87. The van der Waals surface area contributed by atoms with Gasteiger partial charge >= 0.3 is 36.4 Å². The average Bonchev–Trinajstić information content (AvgIpc) is 3.53. The molecule has 0 aliphatic carbocycles. The molecule has 3 N–H and O–H groups in total. The van der Waals surface area contributed by atoms with Crippen molar-refractivity contribution in [3.8, 4) is 0 Å². The molecular weight excluding hydrogens is 627 g/mol. The molecule has 1 aliphatic rings. The quantitative estimate of drug-likeness (QED) is 0.355. The van der Waals surface area contributed by atoms with Gasteiger partial charge in [-0.3, -0.25) is 14.6 Å². The first-order valence-corrected chi connectivity index (χ1v) is 11.7. The molecule has 0 unspecified atom stereocenters. The summed E-state index contributed by atoms with van der Waals surface area (Å²) < 4.78 is 99.4. The van der Waals surface area contributed by atoms with Crippen LogP contribution >= 0.6 is 0 Å². The molecule has 21 heteroatoms. The summed E-state index contributed by atoms with van der Waals surface area (Å²) in [6.07, 6.45) is -9.33. The number of pyridine rings is 1. The van der Waals surface area contributed by atoms with Gasteiger partial charge in [0.1, 0.15) is 5.82 Å². The van der Waals surface area contributed by atoms with Crippen LogP contribution in [0.4, 0.5) is 39.5 Å². The lowest BCUT2D eigenvalue weighted by atomic mass is 10.2. The molecule has 12 nitrogen and oxygen atoms in total. The van der Waals surface area contributed by atoms with Crippen molar-refractivity contribution < 1.29 is 69.2 Å². The highest BCUT2D eigenvalue weighted by Gasteiger charge is 2.39. The van der Waals surface area contributed by atoms with Gasteiger partial charge in [0.25, 0.3) is 0 Å². The molecule has 3 aromatic heterocycles. The van der Waals surface area contributed by atoms with Gasteiger partial charge in [0.15, 0.2) is 0 Å². The smallest absolute Gasteiger partial charge is 0.475 e. The number of aryl methyl sites for hydroxylation is 1. The molecule has 4 rings (SSSR count). The van der Waals surface area contributed by atoms with Crippen LogP contribution in [0.3, 0.4) is 0 Å². The summed E-state index contributed by atoms with van der Waals surface area (Å²) in [5.41, 5.74) is 3.27. The maximum Gasteiger partial charge on any atom is 0.490 e. The lowest BCUT2D eigenvalue weighted by Crippen LogP contribution is -2.33. The van der Waals surface area contributed by atoms with Crippen molar-refractivity contribution in [2.45, 2.75) is 51.6 Å². The predicted octanol–water partition coefficient (Wildman–Crippen LogP) is 3.75. The number of imidazole rings is 1. The van der Waals surface area contributed by atoms with Crippen molar-refractivity contribution in [1.82, 2.24) is 29.2 Å². The molecule has 244 valence electrons. The number of alkyl halides is 9. The highest BCUT2D eigenvalue weighted by Crippen LogP contribution is 2.16. The van der Waals surface area contributed by atoms with Crippen LogP contribution in [-0.4, -0.2) is 87.5 Å². The number of fused-ring (bicyclic) bond motifs is 1. The van der Waals surface area contributed by atoms with Crippen LogP contribution in [0, 0.1) is 6.92 Å². The van der Waals surface area contributed by atoms with E-state index in [-0.39, 0.29) is 0 Å². The van der Waals surface area contributed by atoms with Gasteiger partial charge in [-0.25, -0.2) is 19.4 Å². The standard InChI is InChI=1S/C17H20N6.3C2HF3O2/c1-14-4-2-5-15(19-14)10-21-8-9-22-11-16(20-17(22)13-21)12-23-7-3-6-18-23;3*3-2(4,5)1(6)7/h2-7,11H,8-10,12-13H2,1H3;3*(H,6,7). The predicted molar refractivity (Wildman–Crippen MR) is 128 cm³/mol. The van der Waals surface area contributed by atoms with Crippen LogP contribution in [0.25, 0.3) is 0 Å². The van der Waals surface area contributed by atoms with Crippen molar-refractivity contribution >= 4 is 17.9 Å². The summed E-state index contributed by atoms with van der Waals surface area (Å²) in [6.45, 7) is 6.52. The van der Waals surface area contributed by atoms with Crippen LogP contribution < -0.4 is 0 Å². The lowest BCUT2D eigenvalue weighted by Gasteiger charge is -2.27. The summed E-state index contributed by atoms with van der Waals surface area (Å²) >= 11 is 0. The number of hydrogen-bond acceptors (Lipinski definition) is 7. The fourth-order valence-corrected chi connectivity index (χ4v) is 3.05. The van der Waals surface area contributed by atoms with Gasteiger partial charge in [0, 0.05) is 43.9 Å². The fraction of sp³-hybridized carbons (Fsp3) is 0.391. The number of carbonyl (C=O) groups is 3. The van der Waals surface area contributed by atoms with Gasteiger partial charge in [-0.2, -0.15) is 44.6 Å². The number of halogens is 9. The Hall–Kier alpha value is -4.69. The second-order valence-corrected chi connectivity index (χ2v) is 8.44. The van der Waals surface area contributed by atoms with Crippen molar-refractivity contribution in [1.29, 1.82) is 0 Å². The first kappa shape index (κ1) is 37.3. The molecule has 0 saturated heterocycles. The van der Waals surface area contributed by atoms with Crippen LogP contribution in [0.5, 0.6) is 0 Å². The van der Waals surface area contributed by atoms with E-state index in [4.69, 9.17) is 34.7 Å². The van der Waals surface area contributed by atoms with Gasteiger partial charge in [0.2, 0.25) is 0 Å². The highest BCUT2D eigenvalue weighted by molar-refractivity contribution is 5.73. The molecule has 3 aromatic rings. The van der Waals surface area contributed by atoms with Gasteiger partial charge in [-0.1, -0.05) is 6.07 Å². The lowest BCUT2D eigenvalue weighted by molar-refractivity contribution is -0.193. The molecule has 44 heavy (non-hydrogen) atoms. The van der Waals surface area contributed by atoms with Crippen LogP contribution in [-0.2, 0) is 40.6 Å². The van der Waals surface area contributed by atoms with E-state index in [9.17, 15) is 39.5 Å². The molecule has 0 aromatic carbocycles. The van der Waals surface area contributed by atoms with E-state index in [1.165, 1.54) is 0 Å². The second kappa shape index (κ2) is 15.7. The maximum absolute atomic E-state index is 10.6. The molecule has 4 heterocycles. The largest absolute Gasteiger partial charge is 0.490 e. The summed E-state index contributed by atoms with van der Waals surface area (Å²) in [5, 5.41) is 25.6. The molecule has 0 fully saturated rings. The Morgan fingerprint density at radius 3 is 1.73 bits per heavy atom. The number of carboxylic acids is 3. The van der Waals surface area contributed by atoms with E-state index in [0.717, 1.165) is 55.6 Å². The Labute approximate surface area is 241 Å². The number of aromatic nitrogens is 5. The van der Waals surface area contributed by atoms with E-state index in [1.807, 2.05) is 29.9 Å². The summed E-state index contributed by atoms with van der Waals surface area (Å²) in [6, 6.07) is 8.14. The molecule has 0 atom stereocenters. The zero-order valence-electron chi connectivity index (χ0n) is 22.2. The number of nitrogens with zero attached hydrogens (tertiary/aromatic N) is 6. The zero-order valence-corrected chi connectivity index (χ0v) is 22.2. The molecule has 0 saturated carbocycles. The van der Waals surface area contributed by atoms with Crippen molar-refractivity contribution in [3.63, 3.8) is 0 Å². The van der Waals surface area contributed by atoms with Crippen LogP contribution in [0.1, 0.15) is 22.9 Å². The second-order valence-electron chi connectivity index (χ2n) is 8.44. The van der Waals surface area contributed by atoms with E-state index in [1.54, 1.807) is 6.20 Å². The third-order valence-corrected chi connectivity index (χ3v) is 4.87. The Kier molecular flexibility index (Phi) is 13.3. The Morgan fingerprint density at radius 1 is 0.773 bits per heavy atom. The first-order valence-electron chi connectivity index (χ1n) is 11.7. The zero-order chi connectivity index (χ0) is 33.9. The number of hydrogen-bond donors (Lipinski definition) is 3. The Balaban J connectivity index is 0.000000379. The van der Waals surface area contributed by atoms with E-state index in [2.05, 4.69) is 37.9 Å². The van der Waals surface area contributed by atoms with Crippen molar-refractivity contribution in [2.75, 3.05) is 6.54 Å². The molecule has 0 amide bonds. The number of rotatable bonds is 4. The highest BCUT2D eigenvalue weighted by atomic mass is 19.4. The third kappa shape index (κ3) is 14.0. The van der Waals surface area contributed by atoms with E-state index in [0.29, 0.717) is 0 Å². The average molecular weight is 650 g/mol. The van der Waals surface area contributed by atoms with E-state index < -0.39 is 36.4 Å². The minimum Gasteiger partial charge on any atom is -0.475 e. The normalized spacial score (nSPS) is 13.1. The van der Waals surface area contributed by atoms with Gasteiger partial charge < -0.3 is 19.9 Å².